The number of aliphatic imine (C=N–C) groups is 2. The molecular formula is C22H28N6O. The van der Waals surface area contributed by atoms with Crippen LogP contribution in [0.4, 0.5) is 5.69 Å². The topological polar surface area (TPSA) is 92.5 Å². The number of anilines is 1. The van der Waals surface area contributed by atoms with Crippen molar-refractivity contribution in [2.75, 3.05) is 38.2 Å². The molecule has 1 saturated heterocycles. The highest BCUT2D eigenvalue weighted by atomic mass is 16.5. The Labute approximate surface area is 172 Å². The molecule has 0 aromatic heterocycles. The van der Waals surface area contributed by atoms with Gasteiger partial charge in [0.05, 0.1) is 12.8 Å². The van der Waals surface area contributed by atoms with Gasteiger partial charge in [-0.1, -0.05) is 24.3 Å². The third-order valence-corrected chi connectivity index (χ3v) is 5.14. The van der Waals surface area contributed by atoms with Crippen molar-refractivity contribution in [2.45, 2.75) is 6.92 Å². The van der Waals surface area contributed by atoms with Gasteiger partial charge < -0.3 is 26.0 Å². The average molecular weight is 393 g/mol. The van der Waals surface area contributed by atoms with Crippen molar-refractivity contribution in [1.29, 1.82) is 0 Å². The van der Waals surface area contributed by atoms with E-state index in [1.807, 2.05) is 19.1 Å². The van der Waals surface area contributed by atoms with Crippen molar-refractivity contribution in [2.24, 2.45) is 21.5 Å². The maximum absolute atomic E-state index is 6.04. The van der Waals surface area contributed by atoms with Gasteiger partial charge in [-0.3, -0.25) is 0 Å². The van der Waals surface area contributed by atoms with E-state index in [-0.39, 0.29) is 5.96 Å². The van der Waals surface area contributed by atoms with Gasteiger partial charge in [-0.15, -0.1) is 0 Å². The first kappa shape index (κ1) is 20.3. The molecular weight excluding hydrogens is 364 g/mol. The Morgan fingerprint density at radius 1 is 1.00 bits per heavy atom. The molecule has 0 spiro atoms. The first-order valence-corrected chi connectivity index (χ1v) is 9.53. The lowest BCUT2D eigenvalue weighted by Gasteiger charge is -2.38. The summed E-state index contributed by atoms with van der Waals surface area (Å²) < 4.78 is 5.35. The Hall–Kier alpha value is -3.48. The maximum Gasteiger partial charge on any atom is 0.221 e. The Bertz CT molecular complexity index is 928. The molecule has 1 aliphatic rings. The molecule has 1 fully saturated rings. The molecule has 0 aliphatic carbocycles. The van der Waals surface area contributed by atoms with E-state index in [4.69, 9.17) is 16.2 Å². The van der Waals surface area contributed by atoms with Crippen molar-refractivity contribution in [3.8, 4) is 16.9 Å². The van der Waals surface area contributed by atoms with Gasteiger partial charge >= 0.3 is 0 Å². The minimum Gasteiger partial charge on any atom is -0.497 e. The number of nitrogens with two attached hydrogens (primary N) is 2. The molecule has 0 atom stereocenters. The standard InChI is InChI=1S/C22H28N6O/c1-16(21(23)26-22(24)25-2)27-10-12-28(13-11-27)19-8-4-6-17(14-19)18-7-5-9-20(15-18)29-3/h4-9,14-15H,2,10-13,23H2,1,3H3,(H2,24,26)/b21-16+. The second kappa shape index (κ2) is 9.14. The SMILES string of the molecule is C=NC(N)=N/C(N)=C(\C)N1CCN(c2cccc(-c3cccc(OC)c3)c2)CC1. The molecule has 2 aromatic rings. The van der Waals surface area contributed by atoms with Crippen molar-refractivity contribution < 1.29 is 4.74 Å². The van der Waals surface area contributed by atoms with Crippen LogP contribution in [-0.2, 0) is 0 Å². The third kappa shape index (κ3) is 4.87. The van der Waals surface area contributed by atoms with Gasteiger partial charge in [0.15, 0.2) is 0 Å². The minimum absolute atomic E-state index is 0.0786. The highest BCUT2D eigenvalue weighted by molar-refractivity contribution is 5.83. The fraction of sp³-hybridized carbons (Fsp3) is 0.273. The molecule has 0 unspecified atom stereocenters. The van der Waals surface area contributed by atoms with E-state index in [0.717, 1.165) is 43.2 Å². The van der Waals surface area contributed by atoms with Crippen LogP contribution < -0.4 is 21.1 Å². The predicted molar refractivity (Wildman–Crippen MR) is 120 cm³/mol. The smallest absolute Gasteiger partial charge is 0.221 e. The highest BCUT2D eigenvalue weighted by Crippen LogP contribution is 2.28. The van der Waals surface area contributed by atoms with Crippen LogP contribution >= 0.6 is 0 Å². The minimum atomic E-state index is 0.0786. The van der Waals surface area contributed by atoms with Crippen molar-refractivity contribution in [1.82, 2.24) is 4.90 Å². The number of rotatable bonds is 5. The Kier molecular flexibility index (Phi) is 6.39. The first-order valence-electron chi connectivity index (χ1n) is 9.53. The molecule has 1 aliphatic heterocycles. The largest absolute Gasteiger partial charge is 0.497 e. The van der Waals surface area contributed by atoms with Gasteiger partial charge in [0.1, 0.15) is 11.6 Å². The summed E-state index contributed by atoms with van der Waals surface area (Å²) in [5.41, 5.74) is 16.1. The molecule has 0 saturated carbocycles. The van der Waals surface area contributed by atoms with Crippen molar-refractivity contribution in [3.63, 3.8) is 0 Å². The molecule has 7 nitrogen and oxygen atoms in total. The van der Waals surface area contributed by atoms with Crippen LogP contribution in [0.2, 0.25) is 0 Å². The summed E-state index contributed by atoms with van der Waals surface area (Å²) in [6, 6.07) is 16.7. The molecule has 7 heteroatoms. The second-order valence-corrected chi connectivity index (χ2v) is 6.86. The van der Waals surface area contributed by atoms with Crippen molar-refractivity contribution in [3.05, 3.63) is 60.0 Å². The zero-order valence-electron chi connectivity index (χ0n) is 17.0. The number of piperazine rings is 1. The van der Waals surface area contributed by atoms with E-state index in [1.54, 1.807) is 7.11 Å². The van der Waals surface area contributed by atoms with Gasteiger partial charge in [0, 0.05) is 31.9 Å². The van der Waals surface area contributed by atoms with Crippen LogP contribution in [0.1, 0.15) is 6.92 Å². The van der Waals surface area contributed by atoms with Crippen molar-refractivity contribution >= 4 is 18.4 Å². The van der Waals surface area contributed by atoms with E-state index in [9.17, 15) is 0 Å². The summed E-state index contributed by atoms with van der Waals surface area (Å²) >= 11 is 0. The van der Waals surface area contributed by atoms with E-state index >= 15 is 0 Å². The summed E-state index contributed by atoms with van der Waals surface area (Å²) in [4.78, 5) is 12.2. The molecule has 4 N–H and O–H groups in total. The molecule has 0 amide bonds. The molecule has 2 aromatic carbocycles. The summed E-state index contributed by atoms with van der Waals surface area (Å²) in [5.74, 6) is 1.31. The summed E-state index contributed by atoms with van der Waals surface area (Å²) in [6.45, 7) is 8.80. The summed E-state index contributed by atoms with van der Waals surface area (Å²) in [7, 11) is 1.69. The number of hydrogen-bond acceptors (Lipinski definition) is 5. The third-order valence-electron chi connectivity index (χ3n) is 5.14. The number of ether oxygens (including phenoxy) is 1. The fourth-order valence-corrected chi connectivity index (χ4v) is 3.39. The molecule has 1 heterocycles. The van der Waals surface area contributed by atoms with Crippen LogP contribution in [0.15, 0.2) is 70.0 Å². The number of nitrogens with zero attached hydrogens (tertiary/aromatic N) is 4. The Balaban J connectivity index is 1.71. The normalized spacial score (nSPS) is 15.7. The lowest BCUT2D eigenvalue weighted by molar-refractivity contribution is 0.318. The predicted octanol–water partition coefficient (Wildman–Crippen LogP) is 2.65. The quantitative estimate of drug-likeness (QED) is 0.603. The van der Waals surface area contributed by atoms with E-state index < -0.39 is 0 Å². The summed E-state index contributed by atoms with van der Waals surface area (Å²) in [5, 5.41) is 0. The van der Waals surface area contributed by atoms with Gasteiger partial charge in [-0.2, -0.15) is 4.99 Å². The van der Waals surface area contributed by atoms with E-state index in [0.29, 0.717) is 5.82 Å². The molecule has 29 heavy (non-hydrogen) atoms. The monoisotopic (exact) mass is 392 g/mol. The molecule has 152 valence electrons. The van der Waals surface area contributed by atoms with Crippen LogP contribution in [-0.4, -0.2) is 50.9 Å². The zero-order valence-corrected chi connectivity index (χ0v) is 17.0. The Morgan fingerprint density at radius 2 is 1.66 bits per heavy atom. The van der Waals surface area contributed by atoms with Crippen LogP contribution in [0.25, 0.3) is 11.1 Å². The lowest BCUT2D eigenvalue weighted by Crippen LogP contribution is -2.46. The second-order valence-electron chi connectivity index (χ2n) is 6.86. The molecule has 3 rings (SSSR count). The van der Waals surface area contributed by atoms with E-state index in [2.05, 4.69) is 62.9 Å². The fourth-order valence-electron chi connectivity index (χ4n) is 3.39. The van der Waals surface area contributed by atoms with Crippen LogP contribution in [0.5, 0.6) is 5.75 Å². The first-order chi connectivity index (χ1) is 14.0. The average Bonchev–Trinajstić information content (AvgIpc) is 2.78. The van der Waals surface area contributed by atoms with Gasteiger partial charge in [-0.05, 0) is 49.0 Å². The number of methoxy groups -OCH3 is 1. The van der Waals surface area contributed by atoms with Gasteiger partial charge in [0.2, 0.25) is 5.96 Å². The number of allylic oxidation sites excluding steroid dienone is 1. The maximum atomic E-state index is 6.04. The molecule has 0 bridgehead atoms. The van der Waals surface area contributed by atoms with Gasteiger partial charge in [0.25, 0.3) is 0 Å². The highest BCUT2D eigenvalue weighted by Gasteiger charge is 2.19. The number of guanidine groups is 1. The van der Waals surface area contributed by atoms with Crippen LogP contribution in [0, 0.1) is 0 Å². The Morgan fingerprint density at radius 3 is 2.31 bits per heavy atom. The number of hydrogen-bond donors (Lipinski definition) is 2. The lowest BCUT2D eigenvalue weighted by atomic mass is 10.0. The zero-order chi connectivity index (χ0) is 20.8. The summed E-state index contributed by atoms with van der Waals surface area (Å²) in [6.07, 6.45) is 0. The van der Waals surface area contributed by atoms with Gasteiger partial charge in [-0.25, -0.2) is 4.99 Å². The van der Waals surface area contributed by atoms with E-state index in [1.165, 1.54) is 11.3 Å². The number of benzene rings is 2. The molecule has 0 radical (unpaired) electrons. The van der Waals surface area contributed by atoms with Crippen LogP contribution in [0.3, 0.4) is 0 Å².